The van der Waals surface area contributed by atoms with Crippen LogP contribution in [0.2, 0.25) is 0 Å². The molecule has 4 aromatic rings. The highest BCUT2D eigenvalue weighted by molar-refractivity contribution is 5.83. The number of nitrogens with zero attached hydrogens (tertiary/aromatic N) is 3. The highest BCUT2D eigenvalue weighted by Gasteiger charge is 2.25. The van der Waals surface area contributed by atoms with Crippen molar-refractivity contribution in [3.05, 3.63) is 60.3 Å². The van der Waals surface area contributed by atoms with Gasteiger partial charge in [-0.05, 0) is 24.1 Å². The second-order valence-electron chi connectivity index (χ2n) is 7.61. The smallest absolute Gasteiger partial charge is 0.204 e. The van der Waals surface area contributed by atoms with Gasteiger partial charge in [0, 0.05) is 42.5 Å². The number of H-pyrrole nitrogens is 1. The number of hydrogen-bond donors (Lipinski definition) is 3. The molecule has 0 fully saturated rings. The molecule has 0 radical (unpaired) electrons. The fourth-order valence-electron chi connectivity index (χ4n) is 3.83. The summed E-state index contributed by atoms with van der Waals surface area (Å²) in [5.41, 5.74) is 2.81. The molecule has 0 saturated carbocycles. The van der Waals surface area contributed by atoms with Crippen molar-refractivity contribution < 1.29 is 13.9 Å². The first-order valence-electron chi connectivity index (χ1n) is 10.4. The molecule has 0 amide bonds. The molecule has 3 N–H and O–H groups in total. The van der Waals surface area contributed by atoms with Gasteiger partial charge in [-0.25, -0.2) is 14.4 Å². The predicted octanol–water partition coefficient (Wildman–Crippen LogP) is 3.63. The Morgan fingerprint density at radius 2 is 2.16 bits per heavy atom. The number of methoxy groups -OCH3 is 1. The van der Waals surface area contributed by atoms with Crippen LogP contribution in [-0.4, -0.2) is 52.8 Å². The lowest BCUT2D eigenvalue weighted by molar-refractivity contribution is 0.154. The second-order valence-corrected chi connectivity index (χ2v) is 7.61. The number of benzene rings is 1. The minimum Gasteiger partial charge on any atom is -0.484 e. The molecule has 1 atom stereocenters. The number of aromatic amines is 1. The average molecular weight is 434 g/mol. The lowest BCUT2D eigenvalue weighted by Crippen LogP contribution is -2.36. The highest BCUT2D eigenvalue weighted by Crippen LogP contribution is 2.36. The van der Waals surface area contributed by atoms with Gasteiger partial charge in [-0.15, -0.1) is 0 Å². The van der Waals surface area contributed by atoms with Gasteiger partial charge in [0.2, 0.25) is 5.75 Å². The fraction of sp³-hybridized carbons (Fsp3) is 0.261. The van der Waals surface area contributed by atoms with E-state index in [0.717, 1.165) is 18.1 Å². The zero-order chi connectivity index (χ0) is 21.9. The van der Waals surface area contributed by atoms with E-state index in [4.69, 9.17) is 9.47 Å². The van der Waals surface area contributed by atoms with Crippen molar-refractivity contribution >= 4 is 22.5 Å². The van der Waals surface area contributed by atoms with Crippen LogP contribution in [0.25, 0.3) is 22.3 Å². The van der Waals surface area contributed by atoms with Crippen LogP contribution >= 0.6 is 0 Å². The zero-order valence-corrected chi connectivity index (χ0v) is 17.6. The van der Waals surface area contributed by atoms with E-state index in [-0.39, 0.29) is 6.04 Å². The maximum Gasteiger partial charge on any atom is 0.204 e. The maximum atomic E-state index is 13.7. The Morgan fingerprint density at radius 3 is 3.03 bits per heavy atom. The molecule has 1 aliphatic rings. The largest absolute Gasteiger partial charge is 0.484 e. The summed E-state index contributed by atoms with van der Waals surface area (Å²) < 4.78 is 24.9. The average Bonchev–Trinajstić information content (AvgIpc) is 3.22. The van der Waals surface area contributed by atoms with Gasteiger partial charge in [0.25, 0.3) is 0 Å². The van der Waals surface area contributed by atoms with Crippen LogP contribution in [0.5, 0.6) is 5.75 Å². The van der Waals surface area contributed by atoms with Gasteiger partial charge >= 0.3 is 0 Å². The van der Waals surface area contributed by atoms with Crippen LogP contribution in [0.4, 0.5) is 16.0 Å². The van der Waals surface area contributed by atoms with E-state index in [1.807, 2.05) is 18.3 Å². The number of aromatic nitrogens is 4. The molecule has 164 valence electrons. The molecule has 32 heavy (non-hydrogen) atoms. The van der Waals surface area contributed by atoms with E-state index >= 15 is 0 Å². The molecule has 5 rings (SSSR count). The van der Waals surface area contributed by atoms with Crippen molar-refractivity contribution in [1.29, 1.82) is 0 Å². The van der Waals surface area contributed by atoms with Gasteiger partial charge in [0.1, 0.15) is 12.4 Å². The van der Waals surface area contributed by atoms with Gasteiger partial charge < -0.3 is 25.1 Å². The number of para-hydroxylation sites is 1. The van der Waals surface area contributed by atoms with Crippen molar-refractivity contribution in [2.24, 2.45) is 0 Å². The highest BCUT2D eigenvalue weighted by atomic mass is 19.1. The summed E-state index contributed by atoms with van der Waals surface area (Å²) in [6.07, 6.45) is 5.51. The monoisotopic (exact) mass is 434 g/mol. The molecule has 9 heteroatoms. The number of hydrogen-bond acceptors (Lipinski definition) is 7. The van der Waals surface area contributed by atoms with E-state index in [2.05, 4.69) is 42.7 Å². The summed E-state index contributed by atoms with van der Waals surface area (Å²) in [6, 6.07) is 9.52. The first-order valence-corrected chi connectivity index (χ1v) is 10.4. The Hall–Kier alpha value is -3.72. The number of pyridine rings is 1. The van der Waals surface area contributed by atoms with Crippen LogP contribution in [-0.2, 0) is 11.2 Å². The van der Waals surface area contributed by atoms with Gasteiger partial charge in [-0.3, -0.25) is 4.98 Å². The number of ether oxygens (including phenoxy) is 2. The third kappa shape index (κ3) is 4.06. The van der Waals surface area contributed by atoms with E-state index in [1.54, 1.807) is 7.11 Å². The van der Waals surface area contributed by atoms with Crippen LogP contribution in [0.3, 0.4) is 0 Å². The van der Waals surface area contributed by atoms with E-state index < -0.39 is 5.82 Å². The number of rotatable bonds is 7. The predicted molar refractivity (Wildman–Crippen MR) is 120 cm³/mol. The lowest BCUT2D eigenvalue weighted by atomic mass is 10.1. The summed E-state index contributed by atoms with van der Waals surface area (Å²) >= 11 is 0. The Labute approximate surface area is 184 Å². The fourth-order valence-corrected chi connectivity index (χ4v) is 3.83. The van der Waals surface area contributed by atoms with Crippen LogP contribution in [0, 0.1) is 5.82 Å². The van der Waals surface area contributed by atoms with Gasteiger partial charge in [0.05, 0.1) is 18.8 Å². The summed E-state index contributed by atoms with van der Waals surface area (Å²) in [7, 11) is 1.64. The Balaban J connectivity index is 1.42. The van der Waals surface area contributed by atoms with E-state index in [9.17, 15) is 4.39 Å². The molecule has 0 unspecified atom stereocenters. The molecule has 0 aliphatic carbocycles. The SMILES string of the molecule is COC[C@H]1COc2c(NCCc3c[nH]c4ccccc34)nc(-c3cncc(F)c3)nc2N1. The molecule has 8 nitrogen and oxygen atoms in total. The molecule has 1 aliphatic heterocycles. The maximum absolute atomic E-state index is 13.7. The molecule has 1 aromatic carbocycles. The van der Waals surface area contributed by atoms with Crippen LogP contribution in [0.15, 0.2) is 48.9 Å². The number of fused-ring (bicyclic) bond motifs is 2. The third-order valence-electron chi connectivity index (χ3n) is 5.33. The second kappa shape index (κ2) is 8.80. The normalized spacial score (nSPS) is 15.1. The zero-order valence-electron chi connectivity index (χ0n) is 17.6. The molecular formula is C23H23FN6O2. The molecule has 0 saturated heterocycles. The molecule has 3 aromatic heterocycles. The minimum absolute atomic E-state index is 0.0417. The van der Waals surface area contributed by atoms with Crippen molar-refractivity contribution in [2.75, 3.05) is 37.5 Å². The summed E-state index contributed by atoms with van der Waals surface area (Å²) in [4.78, 5) is 16.4. The van der Waals surface area contributed by atoms with E-state index in [0.29, 0.717) is 48.5 Å². The van der Waals surface area contributed by atoms with Gasteiger partial charge in [-0.1, -0.05) is 18.2 Å². The number of halogens is 1. The summed E-state index contributed by atoms with van der Waals surface area (Å²) in [5, 5.41) is 7.90. The summed E-state index contributed by atoms with van der Waals surface area (Å²) in [6.45, 7) is 1.54. The first-order chi connectivity index (χ1) is 15.7. The Kier molecular flexibility index (Phi) is 5.55. The van der Waals surface area contributed by atoms with Crippen molar-refractivity contribution in [2.45, 2.75) is 12.5 Å². The molecular weight excluding hydrogens is 411 g/mol. The third-order valence-corrected chi connectivity index (χ3v) is 5.33. The lowest BCUT2D eigenvalue weighted by Gasteiger charge is -2.27. The van der Waals surface area contributed by atoms with Crippen molar-refractivity contribution in [1.82, 2.24) is 19.9 Å². The standard InChI is InChI=1S/C23H23FN6O2/c1-31-12-17-13-32-20-22(26-7-6-14-10-27-19-5-3-2-4-18(14)19)29-21(30-23(20)28-17)15-8-16(24)11-25-9-15/h2-5,8-11,17,27H,6-7,12-13H2,1H3,(H2,26,28,29,30)/t17-/m0/s1. The van der Waals surface area contributed by atoms with E-state index in [1.165, 1.54) is 23.2 Å². The van der Waals surface area contributed by atoms with Gasteiger partial charge in [-0.2, -0.15) is 0 Å². The molecule has 4 heterocycles. The molecule has 0 spiro atoms. The number of anilines is 2. The number of nitrogens with one attached hydrogen (secondary N) is 3. The molecule has 0 bridgehead atoms. The topological polar surface area (TPSA) is 97.0 Å². The summed E-state index contributed by atoms with van der Waals surface area (Å²) in [5.74, 6) is 1.56. The van der Waals surface area contributed by atoms with Crippen LogP contribution in [0.1, 0.15) is 5.56 Å². The Morgan fingerprint density at radius 1 is 1.25 bits per heavy atom. The van der Waals surface area contributed by atoms with Crippen molar-refractivity contribution in [3.63, 3.8) is 0 Å². The first kappa shape index (κ1) is 20.2. The Bertz CT molecular complexity index is 1240. The minimum atomic E-state index is -0.445. The quantitative estimate of drug-likeness (QED) is 0.409. The van der Waals surface area contributed by atoms with Crippen molar-refractivity contribution in [3.8, 4) is 17.1 Å². The van der Waals surface area contributed by atoms with Crippen LogP contribution < -0.4 is 15.4 Å². The van der Waals surface area contributed by atoms with Gasteiger partial charge in [0.15, 0.2) is 17.5 Å².